The Kier molecular flexibility index (Phi) is 4.30. The Labute approximate surface area is 153 Å². The summed E-state index contributed by atoms with van der Waals surface area (Å²) in [4.78, 5) is 0. The summed E-state index contributed by atoms with van der Waals surface area (Å²) in [6, 6.07) is 7.36. The molecule has 0 fully saturated rings. The fourth-order valence-corrected chi connectivity index (χ4v) is 3.01. The van der Waals surface area contributed by atoms with Gasteiger partial charge in [-0.1, -0.05) is 32.9 Å². The van der Waals surface area contributed by atoms with Crippen LogP contribution in [0, 0.1) is 11.3 Å². The van der Waals surface area contributed by atoms with E-state index in [-0.39, 0.29) is 28.5 Å². The summed E-state index contributed by atoms with van der Waals surface area (Å²) in [6.07, 6.45) is -4.78. The smallest absolute Gasteiger partial charge is 0.420 e. The van der Waals surface area contributed by atoms with Gasteiger partial charge >= 0.3 is 6.36 Å². The fourth-order valence-electron chi connectivity index (χ4n) is 3.01. The lowest BCUT2D eigenvalue weighted by Crippen LogP contribution is -2.24. The van der Waals surface area contributed by atoms with Crippen LogP contribution in [-0.4, -0.2) is 16.6 Å². The molecule has 1 aromatic carbocycles. The number of nitrogens with two attached hydrogens (primary N) is 1. The van der Waals surface area contributed by atoms with Crippen LogP contribution >= 0.6 is 0 Å². The van der Waals surface area contributed by atoms with Crippen molar-refractivity contribution in [2.75, 3.05) is 0 Å². The molecular formula is C18H17F3N4O2. The highest BCUT2D eigenvalue weighted by atomic mass is 19.4. The van der Waals surface area contributed by atoms with Gasteiger partial charge in [0.05, 0.1) is 11.5 Å². The van der Waals surface area contributed by atoms with E-state index in [2.05, 4.69) is 14.9 Å². The number of rotatable bonds is 2. The second kappa shape index (κ2) is 6.23. The third-order valence-electron chi connectivity index (χ3n) is 4.14. The van der Waals surface area contributed by atoms with E-state index in [1.54, 1.807) is 0 Å². The fraction of sp³-hybridized carbons (Fsp3) is 0.333. The second-order valence-electron chi connectivity index (χ2n) is 7.11. The average Bonchev–Trinajstić information content (AvgIpc) is 2.96. The highest BCUT2D eigenvalue weighted by molar-refractivity contribution is 5.56. The first-order chi connectivity index (χ1) is 12.5. The van der Waals surface area contributed by atoms with E-state index >= 15 is 0 Å². The monoisotopic (exact) mass is 378 g/mol. The molecule has 2 aromatic rings. The number of H-pyrrole nitrogens is 1. The molecule has 1 aliphatic heterocycles. The van der Waals surface area contributed by atoms with Crippen LogP contribution in [-0.2, 0) is 5.41 Å². The maximum Gasteiger partial charge on any atom is 0.573 e. The van der Waals surface area contributed by atoms with Crippen molar-refractivity contribution in [2.45, 2.75) is 38.5 Å². The molecule has 3 N–H and O–H groups in total. The third kappa shape index (κ3) is 3.56. The molecule has 2 heterocycles. The summed E-state index contributed by atoms with van der Waals surface area (Å²) >= 11 is 0. The number of benzene rings is 1. The molecule has 142 valence electrons. The number of hydrogen-bond acceptors (Lipinski definition) is 5. The number of fused-ring (bicyclic) bond motifs is 1. The van der Waals surface area contributed by atoms with Crippen molar-refractivity contribution in [1.82, 2.24) is 10.2 Å². The van der Waals surface area contributed by atoms with E-state index in [1.807, 2.05) is 26.8 Å². The van der Waals surface area contributed by atoms with Gasteiger partial charge in [-0.2, -0.15) is 5.26 Å². The minimum absolute atomic E-state index is 0.0856. The van der Waals surface area contributed by atoms with Gasteiger partial charge in [0, 0.05) is 11.1 Å². The number of halogens is 3. The van der Waals surface area contributed by atoms with Gasteiger partial charge in [0.1, 0.15) is 17.4 Å². The van der Waals surface area contributed by atoms with Crippen molar-refractivity contribution >= 4 is 0 Å². The van der Waals surface area contributed by atoms with Crippen LogP contribution in [0.15, 0.2) is 35.7 Å². The van der Waals surface area contributed by atoms with Gasteiger partial charge in [-0.15, -0.1) is 18.3 Å². The first-order valence-electron chi connectivity index (χ1n) is 8.03. The molecule has 0 radical (unpaired) electrons. The van der Waals surface area contributed by atoms with Crippen molar-refractivity contribution in [2.24, 2.45) is 5.73 Å². The molecule has 27 heavy (non-hydrogen) atoms. The number of nitrogens with zero attached hydrogens (tertiary/aromatic N) is 2. The summed E-state index contributed by atoms with van der Waals surface area (Å²) in [5.41, 5.74) is 7.65. The number of hydrogen-bond donors (Lipinski definition) is 2. The number of aromatic nitrogens is 2. The molecule has 1 atom stereocenters. The Morgan fingerprint density at radius 2 is 1.85 bits per heavy atom. The summed E-state index contributed by atoms with van der Waals surface area (Å²) < 4.78 is 46.5. The summed E-state index contributed by atoms with van der Waals surface area (Å²) in [5, 5.41) is 16.6. The molecule has 3 rings (SSSR count). The highest BCUT2D eigenvalue weighted by Crippen LogP contribution is 2.45. The van der Waals surface area contributed by atoms with Gasteiger partial charge in [-0.05, 0) is 17.7 Å². The Bertz CT molecular complexity index is 931. The zero-order chi connectivity index (χ0) is 20.0. The maximum atomic E-state index is 12.4. The third-order valence-corrected chi connectivity index (χ3v) is 4.14. The maximum absolute atomic E-state index is 12.4. The minimum Gasteiger partial charge on any atom is -0.420 e. The standard InChI is InChI=1S/C18H17F3N4O2/c1-17(2,3)14-13-12(11(8-22)15(23)26-16(13)25-24-14)9-4-6-10(7-5-9)27-18(19,20)21/h4-7,12H,23H2,1-3H3,(H,24,25)/t12-/m0/s1. The van der Waals surface area contributed by atoms with Crippen molar-refractivity contribution in [3.05, 3.63) is 52.5 Å². The van der Waals surface area contributed by atoms with Crippen LogP contribution in [0.2, 0.25) is 0 Å². The number of allylic oxidation sites excluding steroid dienone is 1. The van der Waals surface area contributed by atoms with Crippen LogP contribution in [0.5, 0.6) is 11.6 Å². The molecule has 0 aliphatic carbocycles. The van der Waals surface area contributed by atoms with E-state index in [9.17, 15) is 18.4 Å². The Hall–Kier alpha value is -3.15. The Morgan fingerprint density at radius 1 is 1.22 bits per heavy atom. The summed E-state index contributed by atoms with van der Waals surface area (Å²) in [7, 11) is 0. The van der Waals surface area contributed by atoms with E-state index in [0.717, 1.165) is 5.69 Å². The second-order valence-corrected chi connectivity index (χ2v) is 7.11. The Morgan fingerprint density at radius 3 is 2.37 bits per heavy atom. The topological polar surface area (TPSA) is 97.0 Å². The number of ether oxygens (including phenoxy) is 2. The largest absolute Gasteiger partial charge is 0.573 e. The van der Waals surface area contributed by atoms with Gasteiger partial charge < -0.3 is 15.2 Å². The SMILES string of the molecule is CC(C)(C)c1[nH]nc2c1[C@@H](c1ccc(OC(F)(F)F)cc1)C(C#N)=C(N)O2. The quantitative estimate of drug-likeness (QED) is 0.828. The molecular weight excluding hydrogens is 361 g/mol. The van der Waals surface area contributed by atoms with Crippen molar-refractivity contribution in [3.63, 3.8) is 0 Å². The molecule has 0 saturated heterocycles. The van der Waals surface area contributed by atoms with Gasteiger partial charge in [0.2, 0.25) is 11.8 Å². The zero-order valence-corrected chi connectivity index (χ0v) is 14.8. The molecule has 9 heteroatoms. The van der Waals surface area contributed by atoms with E-state index in [4.69, 9.17) is 10.5 Å². The number of alkyl halides is 3. The van der Waals surface area contributed by atoms with Crippen LogP contribution in [0.3, 0.4) is 0 Å². The number of nitriles is 1. The summed E-state index contributed by atoms with van der Waals surface area (Å²) in [6.45, 7) is 5.89. The van der Waals surface area contributed by atoms with Crippen LogP contribution in [0.1, 0.15) is 43.5 Å². The molecule has 0 bridgehead atoms. The zero-order valence-electron chi connectivity index (χ0n) is 14.8. The van der Waals surface area contributed by atoms with Crippen LogP contribution < -0.4 is 15.2 Å². The molecule has 1 aromatic heterocycles. The normalized spacial score (nSPS) is 17.1. The van der Waals surface area contributed by atoms with Gasteiger partial charge in [0.25, 0.3) is 0 Å². The average molecular weight is 378 g/mol. The van der Waals surface area contributed by atoms with Gasteiger partial charge in [-0.25, -0.2) is 0 Å². The van der Waals surface area contributed by atoms with Gasteiger partial charge in [-0.3, -0.25) is 5.10 Å². The lowest BCUT2D eigenvalue weighted by atomic mass is 9.79. The van der Waals surface area contributed by atoms with E-state index in [0.29, 0.717) is 11.1 Å². The van der Waals surface area contributed by atoms with Crippen LogP contribution in [0.4, 0.5) is 13.2 Å². The highest BCUT2D eigenvalue weighted by Gasteiger charge is 2.38. The molecule has 0 spiro atoms. The lowest BCUT2D eigenvalue weighted by Gasteiger charge is -2.27. The molecule has 0 saturated carbocycles. The predicted octanol–water partition coefficient (Wildman–Crippen LogP) is 3.82. The van der Waals surface area contributed by atoms with Crippen molar-refractivity contribution in [1.29, 1.82) is 5.26 Å². The van der Waals surface area contributed by atoms with Crippen molar-refractivity contribution < 1.29 is 22.6 Å². The first kappa shape index (κ1) is 18.6. The number of nitrogens with one attached hydrogen (secondary N) is 1. The summed E-state index contributed by atoms with van der Waals surface area (Å²) in [5.74, 6) is -0.807. The first-order valence-corrected chi connectivity index (χ1v) is 8.03. The van der Waals surface area contributed by atoms with E-state index in [1.165, 1.54) is 24.3 Å². The Balaban J connectivity index is 2.11. The lowest BCUT2D eigenvalue weighted by molar-refractivity contribution is -0.274. The predicted molar refractivity (Wildman–Crippen MR) is 89.7 cm³/mol. The van der Waals surface area contributed by atoms with Gasteiger partial charge in [0.15, 0.2) is 0 Å². The molecule has 6 nitrogen and oxygen atoms in total. The molecule has 0 unspecified atom stereocenters. The molecule has 1 aliphatic rings. The molecule has 0 amide bonds. The van der Waals surface area contributed by atoms with Crippen molar-refractivity contribution in [3.8, 4) is 17.7 Å². The minimum atomic E-state index is -4.78. The van der Waals surface area contributed by atoms with Crippen LogP contribution in [0.25, 0.3) is 0 Å². The number of aromatic amines is 1. The van der Waals surface area contributed by atoms with E-state index < -0.39 is 12.3 Å².